The zero-order valence-electron chi connectivity index (χ0n) is 12.1. The highest BCUT2D eigenvalue weighted by molar-refractivity contribution is 5.96. The number of hydrogen-bond acceptors (Lipinski definition) is 5. The molecule has 1 aliphatic carbocycles. The van der Waals surface area contributed by atoms with E-state index in [1.54, 1.807) is 12.1 Å². The van der Waals surface area contributed by atoms with E-state index in [1.165, 1.54) is 20.0 Å². The van der Waals surface area contributed by atoms with Crippen molar-refractivity contribution < 1.29 is 14.3 Å². The number of benzene rings is 1. The molecule has 110 valence electrons. The number of rotatable bonds is 7. The molecule has 20 heavy (non-hydrogen) atoms. The number of anilines is 2. The van der Waals surface area contributed by atoms with Gasteiger partial charge in [-0.15, -0.1) is 0 Å². The minimum absolute atomic E-state index is 0.377. The van der Waals surface area contributed by atoms with E-state index in [1.807, 2.05) is 18.0 Å². The maximum atomic E-state index is 11.8. The van der Waals surface area contributed by atoms with Gasteiger partial charge in [0.1, 0.15) is 0 Å². The molecule has 0 heterocycles. The van der Waals surface area contributed by atoms with Crippen LogP contribution in [0.3, 0.4) is 0 Å². The Labute approximate surface area is 119 Å². The topological polar surface area (TPSA) is 64.8 Å². The Morgan fingerprint density at radius 3 is 2.85 bits per heavy atom. The maximum Gasteiger partial charge on any atom is 0.340 e. The van der Waals surface area contributed by atoms with Crippen molar-refractivity contribution in [3.05, 3.63) is 23.8 Å². The third-order valence-corrected chi connectivity index (χ3v) is 3.46. The van der Waals surface area contributed by atoms with Crippen LogP contribution < -0.4 is 10.6 Å². The number of nitrogens with zero attached hydrogens (tertiary/aromatic N) is 1. The smallest absolute Gasteiger partial charge is 0.340 e. The molecule has 0 spiro atoms. The molecule has 0 bridgehead atoms. The average molecular weight is 278 g/mol. The van der Waals surface area contributed by atoms with Crippen LogP contribution >= 0.6 is 0 Å². The molecule has 0 atom stereocenters. The van der Waals surface area contributed by atoms with Gasteiger partial charge in [-0.05, 0) is 37.0 Å². The average Bonchev–Trinajstić information content (AvgIpc) is 3.26. The summed E-state index contributed by atoms with van der Waals surface area (Å²) in [5, 5.41) is 0. The molecule has 1 fully saturated rings. The van der Waals surface area contributed by atoms with Gasteiger partial charge in [0.15, 0.2) is 0 Å². The minimum atomic E-state index is -0.377. The first-order valence-electron chi connectivity index (χ1n) is 6.88. The lowest BCUT2D eigenvalue weighted by Gasteiger charge is -2.22. The number of nitrogen functional groups attached to an aromatic ring is 1. The number of esters is 1. The summed E-state index contributed by atoms with van der Waals surface area (Å²) in [5.74, 6) is 0.389. The van der Waals surface area contributed by atoms with Crippen LogP contribution in [-0.2, 0) is 9.47 Å². The first-order chi connectivity index (χ1) is 9.61. The Balaban J connectivity index is 1.96. The summed E-state index contributed by atoms with van der Waals surface area (Å²) in [5.41, 5.74) is 7.57. The predicted molar refractivity (Wildman–Crippen MR) is 79.0 cm³/mol. The second kappa shape index (κ2) is 6.61. The first kappa shape index (κ1) is 14.7. The third-order valence-electron chi connectivity index (χ3n) is 3.46. The second-order valence-corrected chi connectivity index (χ2v) is 5.21. The maximum absolute atomic E-state index is 11.8. The zero-order chi connectivity index (χ0) is 14.5. The van der Waals surface area contributed by atoms with E-state index in [0.29, 0.717) is 17.9 Å². The van der Waals surface area contributed by atoms with Crippen molar-refractivity contribution >= 4 is 17.3 Å². The molecule has 2 N–H and O–H groups in total. The molecule has 2 rings (SSSR count). The van der Waals surface area contributed by atoms with E-state index in [0.717, 1.165) is 24.8 Å². The fraction of sp³-hybridized carbons (Fsp3) is 0.533. The summed E-state index contributed by atoms with van der Waals surface area (Å²) in [6, 6.07) is 5.26. The molecule has 5 heteroatoms. The van der Waals surface area contributed by atoms with Gasteiger partial charge in [-0.2, -0.15) is 0 Å². The quantitative estimate of drug-likeness (QED) is 0.469. The van der Waals surface area contributed by atoms with Crippen LogP contribution in [0.25, 0.3) is 0 Å². The van der Waals surface area contributed by atoms with Crippen LogP contribution in [-0.4, -0.2) is 39.9 Å². The summed E-state index contributed by atoms with van der Waals surface area (Å²) in [7, 11) is 3.30. The molecule has 1 saturated carbocycles. The molecule has 0 radical (unpaired) electrons. The molecule has 1 aromatic rings. The van der Waals surface area contributed by atoms with Crippen LogP contribution in [0.15, 0.2) is 18.2 Å². The van der Waals surface area contributed by atoms with Gasteiger partial charge in [-0.1, -0.05) is 0 Å². The van der Waals surface area contributed by atoms with Gasteiger partial charge < -0.3 is 20.1 Å². The van der Waals surface area contributed by atoms with E-state index in [2.05, 4.69) is 0 Å². The summed E-state index contributed by atoms with van der Waals surface area (Å²) >= 11 is 0. The molecule has 0 aliphatic heterocycles. The number of methoxy groups -OCH3 is 1. The number of hydrogen-bond donors (Lipinski definition) is 1. The molecule has 1 aliphatic rings. The fourth-order valence-electron chi connectivity index (χ4n) is 2.02. The molecular weight excluding hydrogens is 256 g/mol. The molecule has 1 aromatic carbocycles. The van der Waals surface area contributed by atoms with Crippen LogP contribution in [0.5, 0.6) is 0 Å². The molecule has 0 saturated heterocycles. The lowest BCUT2D eigenvalue weighted by atomic mass is 10.1. The normalized spacial score (nSPS) is 14.1. The minimum Gasteiger partial charge on any atom is -0.465 e. The van der Waals surface area contributed by atoms with Crippen LogP contribution in [0.1, 0.15) is 23.2 Å². The fourth-order valence-corrected chi connectivity index (χ4v) is 2.02. The number of ether oxygens (including phenoxy) is 2. The monoisotopic (exact) mass is 278 g/mol. The van der Waals surface area contributed by atoms with Crippen molar-refractivity contribution in [2.75, 3.05) is 44.5 Å². The summed E-state index contributed by atoms with van der Waals surface area (Å²) in [4.78, 5) is 13.8. The van der Waals surface area contributed by atoms with Gasteiger partial charge in [-0.25, -0.2) is 4.79 Å². The van der Waals surface area contributed by atoms with E-state index in [9.17, 15) is 4.79 Å². The highest BCUT2D eigenvalue weighted by Crippen LogP contribution is 2.28. The van der Waals surface area contributed by atoms with Gasteiger partial charge >= 0.3 is 5.97 Å². The largest absolute Gasteiger partial charge is 0.465 e. The highest BCUT2D eigenvalue weighted by atomic mass is 16.5. The zero-order valence-corrected chi connectivity index (χ0v) is 12.1. The van der Waals surface area contributed by atoms with Crippen molar-refractivity contribution in [1.29, 1.82) is 0 Å². The molecular formula is C15H22N2O3. The van der Waals surface area contributed by atoms with Gasteiger partial charge in [0.05, 0.1) is 25.0 Å². The van der Waals surface area contributed by atoms with E-state index in [4.69, 9.17) is 15.2 Å². The van der Waals surface area contributed by atoms with Crippen molar-refractivity contribution in [3.63, 3.8) is 0 Å². The third kappa shape index (κ3) is 3.87. The van der Waals surface area contributed by atoms with Gasteiger partial charge in [0.2, 0.25) is 0 Å². The molecule has 0 amide bonds. The van der Waals surface area contributed by atoms with Crippen molar-refractivity contribution in [3.8, 4) is 0 Å². The summed E-state index contributed by atoms with van der Waals surface area (Å²) in [6.45, 7) is 2.22. The number of nitrogens with two attached hydrogens (primary N) is 1. The van der Waals surface area contributed by atoms with E-state index >= 15 is 0 Å². The van der Waals surface area contributed by atoms with Crippen molar-refractivity contribution in [2.24, 2.45) is 5.92 Å². The van der Waals surface area contributed by atoms with E-state index < -0.39 is 0 Å². The standard InChI is InChI=1S/C15H22N2O3/c1-17(7-8-20-10-11-3-4-11)14-6-5-12(16)9-13(14)15(18)19-2/h5-6,9,11H,3-4,7-8,10,16H2,1-2H3. The lowest BCUT2D eigenvalue weighted by molar-refractivity contribution is 0.0601. The Morgan fingerprint density at radius 1 is 1.45 bits per heavy atom. The van der Waals surface area contributed by atoms with Crippen molar-refractivity contribution in [2.45, 2.75) is 12.8 Å². The first-order valence-corrected chi connectivity index (χ1v) is 6.88. The predicted octanol–water partition coefficient (Wildman–Crippen LogP) is 1.92. The molecule has 5 nitrogen and oxygen atoms in total. The van der Waals surface area contributed by atoms with Crippen LogP contribution in [0.4, 0.5) is 11.4 Å². The number of carbonyl (C=O) groups is 1. The summed E-state index contributed by atoms with van der Waals surface area (Å²) in [6.07, 6.45) is 2.58. The van der Waals surface area contributed by atoms with Crippen LogP contribution in [0, 0.1) is 5.92 Å². The molecule has 0 aromatic heterocycles. The van der Waals surface area contributed by atoms with E-state index in [-0.39, 0.29) is 5.97 Å². The van der Waals surface area contributed by atoms with Crippen LogP contribution in [0.2, 0.25) is 0 Å². The Morgan fingerprint density at radius 2 is 2.20 bits per heavy atom. The number of likely N-dealkylation sites (N-methyl/N-ethyl adjacent to an activating group) is 1. The number of carbonyl (C=O) groups excluding carboxylic acids is 1. The lowest BCUT2D eigenvalue weighted by Crippen LogP contribution is -2.25. The molecule has 0 unspecified atom stereocenters. The van der Waals surface area contributed by atoms with Gasteiger partial charge in [0.25, 0.3) is 0 Å². The SMILES string of the molecule is COC(=O)c1cc(N)ccc1N(C)CCOCC1CC1. The highest BCUT2D eigenvalue weighted by Gasteiger charge is 2.21. The Bertz CT molecular complexity index is 472. The van der Waals surface area contributed by atoms with Crippen molar-refractivity contribution in [1.82, 2.24) is 0 Å². The Hall–Kier alpha value is -1.75. The van der Waals surface area contributed by atoms with Gasteiger partial charge in [-0.3, -0.25) is 0 Å². The van der Waals surface area contributed by atoms with Gasteiger partial charge in [0, 0.05) is 25.9 Å². The summed E-state index contributed by atoms with van der Waals surface area (Å²) < 4.78 is 10.4. The Kier molecular flexibility index (Phi) is 4.84. The second-order valence-electron chi connectivity index (χ2n) is 5.21.